The first kappa shape index (κ1) is 14.2. The van der Waals surface area contributed by atoms with Crippen LogP contribution in [-0.2, 0) is 19.5 Å². The second-order valence-corrected chi connectivity index (χ2v) is 5.58. The molecule has 1 N–H and O–H groups in total. The fourth-order valence-corrected chi connectivity index (χ4v) is 2.92. The number of rotatable bonds is 7. The van der Waals surface area contributed by atoms with Gasteiger partial charge in [-0.05, 0) is 25.7 Å². The Labute approximate surface area is 115 Å². The minimum atomic E-state index is -0.0132. The molecule has 1 aliphatic rings. The van der Waals surface area contributed by atoms with Gasteiger partial charge in [-0.25, -0.2) is 4.79 Å². The first-order valence-electron chi connectivity index (χ1n) is 7.77. The number of nitrogens with zero attached hydrogens (tertiary/aromatic N) is 2. The topological polar surface area (TPSA) is 47.2 Å². The van der Waals surface area contributed by atoms with Crippen LogP contribution in [-0.4, -0.2) is 14.2 Å². The fraction of sp³-hybridized carbons (Fsp3) is 0.800. The summed E-state index contributed by atoms with van der Waals surface area (Å²) in [5.74, 6) is 0.221. The molecule has 0 aromatic carbocycles. The Morgan fingerprint density at radius 3 is 2.58 bits per heavy atom. The van der Waals surface area contributed by atoms with Crippen molar-refractivity contribution in [3.8, 4) is 5.88 Å². The molecule has 0 atom stereocenters. The lowest BCUT2D eigenvalue weighted by atomic mass is 10.1. The maximum atomic E-state index is 12.2. The Bertz CT molecular complexity index is 459. The molecule has 1 aromatic heterocycles. The van der Waals surface area contributed by atoms with Crippen LogP contribution in [0, 0.1) is 0 Å². The molecule has 19 heavy (non-hydrogen) atoms. The quantitative estimate of drug-likeness (QED) is 0.771. The average Bonchev–Trinajstić information content (AvgIpc) is 2.68. The minimum Gasteiger partial charge on any atom is -0.493 e. The van der Waals surface area contributed by atoms with Gasteiger partial charge in [0.25, 0.3) is 0 Å². The normalized spacial score (nSPS) is 14.6. The van der Waals surface area contributed by atoms with Crippen LogP contribution in [0.2, 0.25) is 0 Å². The Morgan fingerprint density at radius 2 is 1.84 bits per heavy atom. The van der Waals surface area contributed by atoms with E-state index < -0.39 is 0 Å². The summed E-state index contributed by atoms with van der Waals surface area (Å²) < 4.78 is 3.33. The highest BCUT2D eigenvalue weighted by Crippen LogP contribution is 2.23. The van der Waals surface area contributed by atoms with Crippen molar-refractivity contribution >= 4 is 0 Å². The smallest absolute Gasteiger partial charge is 0.331 e. The van der Waals surface area contributed by atoms with Crippen molar-refractivity contribution in [1.29, 1.82) is 0 Å². The molecule has 108 valence electrons. The number of aromatic nitrogens is 2. The molecule has 0 saturated carbocycles. The summed E-state index contributed by atoms with van der Waals surface area (Å²) in [7, 11) is 0. The van der Waals surface area contributed by atoms with E-state index in [4.69, 9.17) is 0 Å². The summed E-state index contributed by atoms with van der Waals surface area (Å²) in [4.78, 5) is 12.2. The van der Waals surface area contributed by atoms with Gasteiger partial charge in [0.15, 0.2) is 0 Å². The summed E-state index contributed by atoms with van der Waals surface area (Å²) in [5, 5.41) is 10.1. The molecule has 0 spiro atoms. The van der Waals surface area contributed by atoms with Crippen LogP contribution in [0.3, 0.4) is 0 Å². The van der Waals surface area contributed by atoms with Crippen molar-refractivity contribution in [2.24, 2.45) is 0 Å². The maximum Gasteiger partial charge on any atom is 0.331 e. The molecule has 0 amide bonds. The predicted octanol–water partition coefficient (Wildman–Crippen LogP) is 3.05. The number of fused-ring (bicyclic) bond motifs is 1. The second kappa shape index (κ2) is 6.83. The van der Waals surface area contributed by atoms with E-state index in [2.05, 4.69) is 6.92 Å². The van der Waals surface area contributed by atoms with Crippen LogP contribution in [0.4, 0.5) is 0 Å². The lowest BCUT2D eigenvalue weighted by Gasteiger charge is -2.11. The zero-order chi connectivity index (χ0) is 13.7. The predicted molar refractivity (Wildman–Crippen MR) is 76.7 cm³/mol. The lowest BCUT2D eigenvalue weighted by Crippen LogP contribution is -2.26. The van der Waals surface area contributed by atoms with Crippen molar-refractivity contribution in [2.45, 2.75) is 77.8 Å². The van der Waals surface area contributed by atoms with Crippen LogP contribution in [0.25, 0.3) is 0 Å². The SMILES string of the molecule is CCCCCCCCn1c(O)c2n(c1=O)CCCC2. The first-order chi connectivity index (χ1) is 9.25. The average molecular weight is 266 g/mol. The molecule has 0 fully saturated rings. The molecule has 0 aliphatic carbocycles. The van der Waals surface area contributed by atoms with Crippen molar-refractivity contribution in [2.75, 3.05) is 0 Å². The number of hydrogen-bond donors (Lipinski definition) is 1. The lowest BCUT2D eigenvalue weighted by molar-refractivity contribution is 0.399. The fourth-order valence-electron chi connectivity index (χ4n) is 2.92. The van der Waals surface area contributed by atoms with Gasteiger partial charge in [-0.15, -0.1) is 0 Å². The minimum absolute atomic E-state index is 0.0132. The Hall–Kier alpha value is -1.19. The van der Waals surface area contributed by atoms with Gasteiger partial charge in [-0.2, -0.15) is 0 Å². The van der Waals surface area contributed by atoms with Gasteiger partial charge in [-0.3, -0.25) is 9.13 Å². The highest BCUT2D eigenvalue weighted by atomic mass is 16.3. The van der Waals surface area contributed by atoms with Gasteiger partial charge in [0.05, 0.1) is 5.69 Å². The van der Waals surface area contributed by atoms with Crippen LogP contribution in [0.5, 0.6) is 5.88 Å². The maximum absolute atomic E-state index is 12.2. The highest BCUT2D eigenvalue weighted by Gasteiger charge is 2.21. The Morgan fingerprint density at radius 1 is 1.11 bits per heavy atom. The highest BCUT2D eigenvalue weighted by molar-refractivity contribution is 5.21. The van der Waals surface area contributed by atoms with Crippen LogP contribution in [0.15, 0.2) is 4.79 Å². The molecule has 1 aromatic rings. The second-order valence-electron chi connectivity index (χ2n) is 5.58. The molecule has 2 heterocycles. The third-order valence-corrected chi connectivity index (χ3v) is 4.08. The number of unbranched alkanes of at least 4 members (excludes halogenated alkanes) is 5. The zero-order valence-corrected chi connectivity index (χ0v) is 12.0. The van der Waals surface area contributed by atoms with Gasteiger partial charge in [-0.1, -0.05) is 39.0 Å². The van der Waals surface area contributed by atoms with E-state index in [-0.39, 0.29) is 11.6 Å². The summed E-state index contributed by atoms with van der Waals surface area (Å²) in [6.07, 6.45) is 10.2. The van der Waals surface area contributed by atoms with Gasteiger partial charge in [0.1, 0.15) is 0 Å². The molecule has 0 bridgehead atoms. The Kier molecular flexibility index (Phi) is 5.11. The molecule has 0 radical (unpaired) electrons. The van der Waals surface area contributed by atoms with Crippen molar-refractivity contribution in [3.05, 3.63) is 16.2 Å². The number of imidazole rings is 1. The summed E-state index contributed by atoms with van der Waals surface area (Å²) in [6.45, 7) is 3.64. The zero-order valence-electron chi connectivity index (χ0n) is 12.0. The van der Waals surface area contributed by atoms with Crippen LogP contribution >= 0.6 is 0 Å². The van der Waals surface area contributed by atoms with E-state index in [0.717, 1.165) is 44.3 Å². The summed E-state index contributed by atoms with van der Waals surface area (Å²) in [5.41, 5.74) is 0.836. The first-order valence-corrected chi connectivity index (χ1v) is 7.77. The third-order valence-electron chi connectivity index (χ3n) is 4.08. The van der Waals surface area contributed by atoms with Gasteiger partial charge in [0, 0.05) is 13.1 Å². The van der Waals surface area contributed by atoms with E-state index in [0.29, 0.717) is 6.54 Å². The molecule has 0 unspecified atom stereocenters. The van der Waals surface area contributed by atoms with Crippen LogP contribution < -0.4 is 5.69 Å². The Balaban J connectivity index is 1.90. The molecule has 1 aliphatic heterocycles. The molecule has 4 heteroatoms. The number of hydrogen-bond acceptors (Lipinski definition) is 2. The van der Waals surface area contributed by atoms with E-state index in [1.807, 2.05) is 0 Å². The van der Waals surface area contributed by atoms with Crippen molar-refractivity contribution in [3.63, 3.8) is 0 Å². The molecule has 0 saturated heterocycles. The van der Waals surface area contributed by atoms with Gasteiger partial charge >= 0.3 is 5.69 Å². The largest absolute Gasteiger partial charge is 0.493 e. The third kappa shape index (κ3) is 3.23. The van der Waals surface area contributed by atoms with Crippen LogP contribution in [0.1, 0.15) is 64.0 Å². The standard InChI is InChI=1S/C15H26N2O2/c1-2-3-4-5-6-8-12-17-14(18)13-10-7-9-11-16(13)15(17)19/h18H,2-12H2,1H3. The number of aromatic hydroxyl groups is 1. The molecular formula is C15H26N2O2. The van der Waals surface area contributed by atoms with Gasteiger partial charge in [0.2, 0.25) is 5.88 Å². The van der Waals surface area contributed by atoms with E-state index in [1.54, 1.807) is 9.13 Å². The van der Waals surface area contributed by atoms with E-state index in [9.17, 15) is 9.90 Å². The van der Waals surface area contributed by atoms with E-state index >= 15 is 0 Å². The van der Waals surface area contributed by atoms with E-state index in [1.165, 1.54) is 25.7 Å². The summed E-state index contributed by atoms with van der Waals surface area (Å²) >= 11 is 0. The van der Waals surface area contributed by atoms with Crippen molar-refractivity contribution in [1.82, 2.24) is 9.13 Å². The van der Waals surface area contributed by atoms with Crippen molar-refractivity contribution < 1.29 is 5.11 Å². The van der Waals surface area contributed by atoms with Gasteiger partial charge < -0.3 is 5.11 Å². The molecule has 2 rings (SSSR count). The monoisotopic (exact) mass is 266 g/mol. The summed E-state index contributed by atoms with van der Waals surface area (Å²) in [6, 6.07) is 0. The molecule has 4 nitrogen and oxygen atoms in total. The molecular weight excluding hydrogens is 240 g/mol.